The summed E-state index contributed by atoms with van der Waals surface area (Å²) in [4.78, 5) is 17.0. The Balaban J connectivity index is 1.54. The summed E-state index contributed by atoms with van der Waals surface area (Å²) >= 11 is 0. The molecular weight excluding hydrogens is 338 g/mol. The molecule has 5 heteroatoms. The Morgan fingerprint density at radius 2 is 1.93 bits per heavy atom. The normalized spacial score (nSPS) is 16.2. The highest BCUT2D eigenvalue weighted by atomic mass is 16.5. The SMILES string of the molecule is CC(Oc1ccccc1)C(=O)N1CCCN(Cc2cccc(C#N)c2)CC1. The van der Waals surface area contributed by atoms with Crippen molar-refractivity contribution in [2.75, 3.05) is 26.2 Å². The van der Waals surface area contributed by atoms with E-state index in [1.165, 1.54) is 0 Å². The smallest absolute Gasteiger partial charge is 0.263 e. The maximum absolute atomic E-state index is 12.8. The van der Waals surface area contributed by atoms with Crippen molar-refractivity contribution >= 4 is 5.91 Å². The molecule has 1 saturated heterocycles. The highest BCUT2D eigenvalue weighted by molar-refractivity contribution is 5.81. The molecule has 1 aliphatic heterocycles. The summed E-state index contributed by atoms with van der Waals surface area (Å²) in [6, 6.07) is 19.4. The van der Waals surface area contributed by atoms with Crippen LogP contribution in [0.25, 0.3) is 0 Å². The van der Waals surface area contributed by atoms with E-state index in [0.717, 1.165) is 38.2 Å². The van der Waals surface area contributed by atoms with E-state index in [1.807, 2.05) is 66.4 Å². The third kappa shape index (κ3) is 5.32. The lowest BCUT2D eigenvalue weighted by Crippen LogP contribution is -2.42. The summed E-state index contributed by atoms with van der Waals surface area (Å²) in [5.74, 6) is 0.749. The van der Waals surface area contributed by atoms with Gasteiger partial charge < -0.3 is 9.64 Å². The molecule has 27 heavy (non-hydrogen) atoms. The van der Waals surface area contributed by atoms with Crippen LogP contribution in [-0.4, -0.2) is 48.0 Å². The minimum Gasteiger partial charge on any atom is -0.481 e. The van der Waals surface area contributed by atoms with Crippen LogP contribution in [0.4, 0.5) is 0 Å². The van der Waals surface area contributed by atoms with E-state index in [1.54, 1.807) is 0 Å². The van der Waals surface area contributed by atoms with Gasteiger partial charge in [0.05, 0.1) is 11.6 Å². The molecule has 140 valence electrons. The Bertz CT molecular complexity index is 801. The van der Waals surface area contributed by atoms with E-state index >= 15 is 0 Å². The average molecular weight is 363 g/mol. The van der Waals surface area contributed by atoms with E-state index in [9.17, 15) is 4.79 Å². The maximum Gasteiger partial charge on any atom is 0.263 e. The number of nitriles is 1. The Morgan fingerprint density at radius 3 is 2.70 bits per heavy atom. The molecule has 2 aromatic rings. The van der Waals surface area contributed by atoms with Gasteiger partial charge in [0, 0.05) is 32.7 Å². The van der Waals surface area contributed by atoms with Crippen LogP contribution in [0.5, 0.6) is 5.75 Å². The van der Waals surface area contributed by atoms with Crippen LogP contribution in [0.3, 0.4) is 0 Å². The van der Waals surface area contributed by atoms with Crippen LogP contribution in [0.2, 0.25) is 0 Å². The van der Waals surface area contributed by atoms with Crippen molar-refractivity contribution in [3.05, 3.63) is 65.7 Å². The lowest BCUT2D eigenvalue weighted by atomic mass is 10.1. The van der Waals surface area contributed by atoms with Gasteiger partial charge >= 0.3 is 0 Å². The molecule has 1 unspecified atom stereocenters. The first-order valence-electron chi connectivity index (χ1n) is 9.37. The van der Waals surface area contributed by atoms with Gasteiger partial charge in [-0.25, -0.2) is 0 Å². The predicted molar refractivity (Wildman–Crippen MR) is 104 cm³/mol. The minimum atomic E-state index is -0.494. The molecule has 0 saturated carbocycles. The monoisotopic (exact) mass is 363 g/mol. The topological polar surface area (TPSA) is 56.6 Å². The Morgan fingerprint density at radius 1 is 1.11 bits per heavy atom. The average Bonchev–Trinajstić information content (AvgIpc) is 2.94. The molecule has 3 rings (SSSR count). The van der Waals surface area contributed by atoms with Crippen LogP contribution in [-0.2, 0) is 11.3 Å². The number of carbonyl (C=O) groups is 1. The number of para-hydroxylation sites is 1. The number of benzene rings is 2. The molecule has 0 aliphatic carbocycles. The van der Waals surface area contributed by atoms with Crippen LogP contribution in [0.15, 0.2) is 54.6 Å². The fraction of sp³-hybridized carbons (Fsp3) is 0.364. The van der Waals surface area contributed by atoms with Gasteiger partial charge in [0.1, 0.15) is 5.75 Å². The first-order chi connectivity index (χ1) is 13.2. The molecule has 1 fully saturated rings. The standard InChI is InChI=1S/C22H25N3O2/c1-18(27-21-9-3-2-4-10-21)22(26)25-12-6-11-24(13-14-25)17-20-8-5-7-19(15-20)16-23/h2-5,7-10,15,18H,6,11-14,17H2,1H3. The van der Waals surface area contributed by atoms with Gasteiger partial charge in [0.25, 0.3) is 5.91 Å². The number of ether oxygens (including phenoxy) is 1. The third-order valence-corrected chi connectivity index (χ3v) is 4.77. The fourth-order valence-corrected chi connectivity index (χ4v) is 3.36. The largest absolute Gasteiger partial charge is 0.481 e. The first kappa shape index (κ1) is 18.9. The number of amides is 1. The molecule has 2 aromatic carbocycles. The van der Waals surface area contributed by atoms with E-state index in [4.69, 9.17) is 10.00 Å². The van der Waals surface area contributed by atoms with Crippen LogP contribution >= 0.6 is 0 Å². The van der Waals surface area contributed by atoms with E-state index < -0.39 is 6.10 Å². The lowest BCUT2D eigenvalue weighted by molar-refractivity contribution is -0.137. The second kappa shape index (κ2) is 9.20. The Hall–Kier alpha value is -2.84. The molecule has 0 radical (unpaired) electrons. The zero-order chi connectivity index (χ0) is 19.1. The number of hydrogen-bond acceptors (Lipinski definition) is 4. The number of hydrogen-bond donors (Lipinski definition) is 0. The molecule has 1 heterocycles. The summed E-state index contributed by atoms with van der Waals surface area (Å²) in [6.07, 6.45) is 0.438. The van der Waals surface area contributed by atoms with Gasteiger partial charge in [0.2, 0.25) is 0 Å². The second-order valence-electron chi connectivity index (χ2n) is 6.84. The van der Waals surface area contributed by atoms with Crippen molar-refractivity contribution in [2.24, 2.45) is 0 Å². The van der Waals surface area contributed by atoms with Crippen molar-refractivity contribution < 1.29 is 9.53 Å². The quantitative estimate of drug-likeness (QED) is 0.819. The first-order valence-corrected chi connectivity index (χ1v) is 9.37. The molecule has 0 bridgehead atoms. The number of carbonyl (C=O) groups excluding carboxylic acids is 1. The van der Waals surface area contributed by atoms with Gasteiger partial charge in [-0.05, 0) is 43.2 Å². The van der Waals surface area contributed by atoms with Gasteiger partial charge in [0.15, 0.2) is 6.10 Å². The van der Waals surface area contributed by atoms with E-state index in [0.29, 0.717) is 17.9 Å². The highest BCUT2D eigenvalue weighted by Gasteiger charge is 2.24. The maximum atomic E-state index is 12.8. The van der Waals surface area contributed by atoms with Gasteiger partial charge in [-0.15, -0.1) is 0 Å². The summed E-state index contributed by atoms with van der Waals surface area (Å²) in [7, 11) is 0. The lowest BCUT2D eigenvalue weighted by Gasteiger charge is -2.25. The molecule has 1 atom stereocenters. The Labute approximate surface area is 160 Å². The van der Waals surface area contributed by atoms with Gasteiger partial charge in [-0.1, -0.05) is 30.3 Å². The molecule has 5 nitrogen and oxygen atoms in total. The summed E-state index contributed by atoms with van der Waals surface area (Å²) < 4.78 is 5.78. The van der Waals surface area contributed by atoms with Gasteiger partial charge in [-0.3, -0.25) is 9.69 Å². The fourth-order valence-electron chi connectivity index (χ4n) is 3.36. The number of nitrogens with zero attached hydrogens (tertiary/aromatic N) is 3. The van der Waals surface area contributed by atoms with Crippen LogP contribution in [0, 0.1) is 11.3 Å². The van der Waals surface area contributed by atoms with Crippen molar-refractivity contribution in [2.45, 2.75) is 26.0 Å². The molecule has 1 aliphatic rings. The van der Waals surface area contributed by atoms with Crippen LogP contribution in [0.1, 0.15) is 24.5 Å². The van der Waals surface area contributed by atoms with Crippen molar-refractivity contribution in [3.63, 3.8) is 0 Å². The van der Waals surface area contributed by atoms with Gasteiger partial charge in [-0.2, -0.15) is 5.26 Å². The Kier molecular flexibility index (Phi) is 6.45. The molecule has 1 amide bonds. The van der Waals surface area contributed by atoms with Crippen molar-refractivity contribution in [1.29, 1.82) is 5.26 Å². The molecular formula is C22H25N3O2. The number of rotatable bonds is 5. The van der Waals surface area contributed by atoms with E-state index in [-0.39, 0.29) is 5.91 Å². The third-order valence-electron chi connectivity index (χ3n) is 4.77. The van der Waals surface area contributed by atoms with E-state index in [2.05, 4.69) is 11.0 Å². The highest BCUT2D eigenvalue weighted by Crippen LogP contribution is 2.14. The van der Waals surface area contributed by atoms with Crippen molar-refractivity contribution in [3.8, 4) is 11.8 Å². The minimum absolute atomic E-state index is 0.0344. The van der Waals surface area contributed by atoms with Crippen molar-refractivity contribution in [1.82, 2.24) is 9.80 Å². The summed E-state index contributed by atoms with van der Waals surface area (Å²) in [6.45, 7) is 5.81. The molecule has 0 spiro atoms. The summed E-state index contributed by atoms with van der Waals surface area (Å²) in [5, 5.41) is 9.05. The second-order valence-corrected chi connectivity index (χ2v) is 6.84. The van der Waals surface area contributed by atoms with Crippen LogP contribution < -0.4 is 4.74 Å². The molecule has 0 N–H and O–H groups in total. The zero-order valence-corrected chi connectivity index (χ0v) is 15.7. The summed E-state index contributed by atoms with van der Waals surface area (Å²) in [5.41, 5.74) is 1.82. The molecule has 0 aromatic heterocycles. The predicted octanol–water partition coefficient (Wildman–Crippen LogP) is 3.06. The zero-order valence-electron chi connectivity index (χ0n) is 15.7.